The number of aromatic nitrogens is 2. The maximum absolute atomic E-state index is 12.6. The van der Waals surface area contributed by atoms with Crippen LogP contribution in [0.1, 0.15) is 18.5 Å². The Labute approximate surface area is 160 Å². The summed E-state index contributed by atoms with van der Waals surface area (Å²) in [6, 6.07) is 12.7. The molecular weight excluding hydrogens is 373 g/mol. The number of carbonyl (C=O) groups is 1. The summed E-state index contributed by atoms with van der Waals surface area (Å²) in [4.78, 5) is 17.2. The molecular formula is C19H15Cl2N3O2. The van der Waals surface area contributed by atoms with Crippen LogP contribution in [-0.2, 0) is 9.53 Å². The van der Waals surface area contributed by atoms with Gasteiger partial charge >= 0.3 is 5.97 Å². The number of carbonyl (C=O) groups excluding carboxylic acids is 1. The van der Waals surface area contributed by atoms with Crippen LogP contribution in [0.25, 0.3) is 11.0 Å². The molecule has 0 bridgehead atoms. The third-order valence-corrected chi connectivity index (χ3v) is 5.23. The molecule has 0 aliphatic carbocycles. The summed E-state index contributed by atoms with van der Waals surface area (Å²) in [6.45, 7) is 1.83. The van der Waals surface area contributed by atoms with Crippen LogP contribution in [-0.4, -0.2) is 22.6 Å². The average Bonchev–Trinajstić information content (AvgIpc) is 3.00. The van der Waals surface area contributed by atoms with Crippen molar-refractivity contribution in [1.82, 2.24) is 9.55 Å². The van der Waals surface area contributed by atoms with Crippen molar-refractivity contribution in [3.63, 3.8) is 0 Å². The monoisotopic (exact) mass is 387 g/mol. The fourth-order valence-electron chi connectivity index (χ4n) is 3.34. The second-order valence-electron chi connectivity index (χ2n) is 6.03. The van der Waals surface area contributed by atoms with Crippen molar-refractivity contribution in [3.8, 4) is 0 Å². The molecule has 1 N–H and O–H groups in total. The van der Waals surface area contributed by atoms with E-state index in [9.17, 15) is 4.79 Å². The smallest absolute Gasteiger partial charge is 0.337 e. The number of imidazole rings is 1. The molecule has 0 saturated carbocycles. The Balaban J connectivity index is 2.02. The van der Waals surface area contributed by atoms with E-state index in [1.165, 1.54) is 7.11 Å². The molecule has 1 aliphatic rings. The van der Waals surface area contributed by atoms with Gasteiger partial charge in [0.2, 0.25) is 5.95 Å². The maximum Gasteiger partial charge on any atom is 0.337 e. The minimum Gasteiger partial charge on any atom is -0.466 e. The Hall–Kier alpha value is -2.50. The Morgan fingerprint density at radius 2 is 1.96 bits per heavy atom. The summed E-state index contributed by atoms with van der Waals surface area (Å²) >= 11 is 12.3. The highest BCUT2D eigenvalue weighted by Crippen LogP contribution is 2.40. The van der Waals surface area contributed by atoms with Gasteiger partial charge in [-0.1, -0.05) is 41.4 Å². The van der Waals surface area contributed by atoms with Gasteiger partial charge in [0.15, 0.2) is 0 Å². The number of para-hydroxylation sites is 2. The third kappa shape index (κ3) is 2.55. The number of methoxy groups -OCH3 is 1. The molecule has 1 atom stereocenters. The molecule has 132 valence electrons. The number of nitrogens with one attached hydrogen (secondary N) is 1. The van der Waals surface area contributed by atoms with Gasteiger partial charge in [-0.05, 0) is 36.8 Å². The van der Waals surface area contributed by atoms with Gasteiger partial charge in [-0.15, -0.1) is 0 Å². The standard InChI is InChI=1S/C19H15Cl2N3O2/c1-10-16(18(25)26-2)17(11-7-8-12(20)13(21)9-11)24-15-6-4-3-5-14(15)23-19(24)22-10/h3-9,17H,1-2H3,(H,22,23). The first kappa shape index (κ1) is 16.9. The van der Waals surface area contributed by atoms with Gasteiger partial charge in [-0.25, -0.2) is 9.78 Å². The van der Waals surface area contributed by atoms with E-state index in [0.717, 1.165) is 16.6 Å². The molecule has 26 heavy (non-hydrogen) atoms. The minimum atomic E-state index is -0.430. The highest BCUT2D eigenvalue weighted by atomic mass is 35.5. The Kier molecular flexibility index (Phi) is 4.13. The van der Waals surface area contributed by atoms with Gasteiger partial charge in [-0.3, -0.25) is 4.57 Å². The van der Waals surface area contributed by atoms with Crippen LogP contribution in [0.2, 0.25) is 10.0 Å². The van der Waals surface area contributed by atoms with E-state index in [1.807, 2.05) is 41.8 Å². The van der Waals surface area contributed by atoms with Gasteiger partial charge in [-0.2, -0.15) is 0 Å². The van der Waals surface area contributed by atoms with E-state index in [1.54, 1.807) is 12.1 Å². The number of halogens is 2. The predicted molar refractivity (Wildman–Crippen MR) is 103 cm³/mol. The van der Waals surface area contributed by atoms with Crippen LogP contribution in [0.3, 0.4) is 0 Å². The number of benzene rings is 2. The number of fused-ring (bicyclic) bond motifs is 3. The lowest BCUT2D eigenvalue weighted by molar-refractivity contribution is -0.136. The number of hydrogen-bond acceptors (Lipinski definition) is 4. The number of hydrogen-bond donors (Lipinski definition) is 1. The Morgan fingerprint density at radius 3 is 2.69 bits per heavy atom. The van der Waals surface area contributed by atoms with Crippen molar-refractivity contribution in [2.24, 2.45) is 0 Å². The zero-order valence-electron chi connectivity index (χ0n) is 14.1. The highest BCUT2D eigenvalue weighted by molar-refractivity contribution is 6.42. The van der Waals surface area contributed by atoms with Gasteiger partial charge < -0.3 is 10.1 Å². The van der Waals surface area contributed by atoms with Gasteiger partial charge in [0.25, 0.3) is 0 Å². The molecule has 0 spiro atoms. The van der Waals surface area contributed by atoms with Gasteiger partial charge in [0.1, 0.15) is 0 Å². The summed E-state index contributed by atoms with van der Waals surface area (Å²) in [6.07, 6.45) is 0. The van der Waals surface area contributed by atoms with E-state index in [-0.39, 0.29) is 0 Å². The molecule has 1 aromatic heterocycles. The van der Waals surface area contributed by atoms with Crippen LogP contribution in [0.15, 0.2) is 53.7 Å². The molecule has 2 heterocycles. The van der Waals surface area contributed by atoms with Crippen molar-refractivity contribution in [1.29, 1.82) is 0 Å². The average molecular weight is 388 g/mol. The quantitative estimate of drug-likeness (QED) is 0.641. The number of rotatable bonds is 2. The molecule has 1 aliphatic heterocycles. The fraction of sp³-hybridized carbons (Fsp3) is 0.158. The maximum atomic E-state index is 12.6. The topological polar surface area (TPSA) is 56.1 Å². The molecule has 7 heteroatoms. The normalized spacial score (nSPS) is 16.4. The first-order valence-electron chi connectivity index (χ1n) is 7.99. The zero-order valence-corrected chi connectivity index (χ0v) is 15.6. The van der Waals surface area contributed by atoms with Gasteiger partial charge in [0.05, 0.1) is 39.8 Å². The van der Waals surface area contributed by atoms with Crippen molar-refractivity contribution < 1.29 is 9.53 Å². The van der Waals surface area contributed by atoms with Crippen molar-refractivity contribution >= 4 is 46.2 Å². The first-order chi connectivity index (χ1) is 12.5. The van der Waals surface area contributed by atoms with E-state index < -0.39 is 12.0 Å². The molecule has 5 nitrogen and oxygen atoms in total. The first-order valence-corrected chi connectivity index (χ1v) is 8.75. The minimum absolute atomic E-state index is 0.408. The molecule has 0 amide bonds. The van der Waals surface area contributed by atoms with Crippen LogP contribution in [0.4, 0.5) is 5.95 Å². The lowest BCUT2D eigenvalue weighted by atomic mass is 9.95. The van der Waals surface area contributed by atoms with Crippen LogP contribution < -0.4 is 5.32 Å². The van der Waals surface area contributed by atoms with Gasteiger partial charge in [0, 0.05) is 5.70 Å². The molecule has 4 rings (SSSR count). The second kappa shape index (κ2) is 6.34. The number of ether oxygens (including phenoxy) is 1. The van der Waals surface area contributed by atoms with E-state index in [0.29, 0.717) is 27.3 Å². The molecule has 0 fully saturated rings. The number of allylic oxidation sites excluding steroid dienone is 1. The summed E-state index contributed by atoms with van der Waals surface area (Å²) in [5.41, 5.74) is 3.75. The fourth-order valence-corrected chi connectivity index (χ4v) is 3.64. The summed E-state index contributed by atoms with van der Waals surface area (Å²) in [5.74, 6) is 0.252. The van der Waals surface area contributed by atoms with Crippen molar-refractivity contribution in [3.05, 3.63) is 69.3 Å². The van der Waals surface area contributed by atoms with Crippen LogP contribution >= 0.6 is 23.2 Å². The largest absolute Gasteiger partial charge is 0.466 e. The summed E-state index contributed by atoms with van der Waals surface area (Å²) in [7, 11) is 1.37. The van der Waals surface area contributed by atoms with Crippen molar-refractivity contribution in [2.45, 2.75) is 13.0 Å². The Morgan fingerprint density at radius 1 is 1.19 bits per heavy atom. The highest BCUT2D eigenvalue weighted by Gasteiger charge is 2.34. The van der Waals surface area contributed by atoms with Crippen molar-refractivity contribution in [2.75, 3.05) is 12.4 Å². The lowest BCUT2D eigenvalue weighted by Crippen LogP contribution is -2.28. The molecule has 2 aromatic carbocycles. The van der Waals surface area contributed by atoms with E-state index in [2.05, 4.69) is 10.3 Å². The number of anilines is 1. The number of esters is 1. The SMILES string of the molecule is COC(=O)C1=C(C)Nc2nc3ccccc3n2C1c1ccc(Cl)c(Cl)c1. The van der Waals surface area contributed by atoms with Crippen LogP contribution in [0.5, 0.6) is 0 Å². The molecule has 3 aromatic rings. The van der Waals surface area contributed by atoms with Crippen LogP contribution in [0, 0.1) is 0 Å². The predicted octanol–water partition coefficient (Wildman–Crippen LogP) is 4.81. The molecule has 0 saturated heterocycles. The summed E-state index contributed by atoms with van der Waals surface area (Å²) < 4.78 is 7.02. The molecule has 1 unspecified atom stereocenters. The molecule has 0 radical (unpaired) electrons. The van der Waals surface area contributed by atoms with E-state index >= 15 is 0 Å². The number of nitrogens with zero attached hydrogens (tertiary/aromatic N) is 2. The Bertz CT molecular complexity index is 1070. The zero-order chi connectivity index (χ0) is 18.4. The second-order valence-corrected chi connectivity index (χ2v) is 6.84. The lowest BCUT2D eigenvalue weighted by Gasteiger charge is -2.30. The summed E-state index contributed by atoms with van der Waals surface area (Å²) in [5, 5.41) is 4.10. The third-order valence-electron chi connectivity index (χ3n) is 4.50. The van der Waals surface area contributed by atoms with E-state index in [4.69, 9.17) is 27.9 Å².